The lowest BCUT2D eigenvalue weighted by Gasteiger charge is -2.09. The highest BCUT2D eigenvalue weighted by Crippen LogP contribution is 2.16. The lowest BCUT2D eigenvalue weighted by Crippen LogP contribution is -2.29. The van der Waals surface area contributed by atoms with E-state index in [-0.39, 0.29) is 23.8 Å². The van der Waals surface area contributed by atoms with Crippen LogP contribution in [0.2, 0.25) is 0 Å². The van der Waals surface area contributed by atoms with E-state index in [0.29, 0.717) is 6.54 Å². The molecule has 7 heteroatoms. The standard InChI is InChI=1S/C13H14N4O3/c14-13(19)10-3-1-2-4-11(10)20-8-12(18)15-7-9-5-6-16-17-9/h1-6H,7-8H2,(H2,14,19)(H,15,18)(H,16,17). The van der Waals surface area contributed by atoms with Crippen LogP contribution in [-0.2, 0) is 11.3 Å². The molecule has 0 aliphatic carbocycles. The first-order valence-corrected chi connectivity index (χ1v) is 5.93. The number of H-pyrrole nitrogens is 1. The predicted octanol–water partition coefficient (Wildman–Crippen LogP) is 0.204. The fourth-order valence-electron chi connectivity index (χ4n) is 1.57. The Morgan fingerprint density at radius 1 is 1.30 bits per heavy atom. The van der Waals surface area contributed by atoms with E-state index in [1.165, 1.54) is 0 Å². The van der Waals surface area contributed by atoms with Crippen molar-refractivity contribution in [2.45, 2.75) is 6.54 Å². The summed E-state index contributed by atoms with van der Waals surface area (Å²) >= 11 is 0. The van der Waals surface area contributed by atoms with E-state index in [4.69, 9.17) is 10.5 Å². The van der Waals surface area contributed by atoms with Crippen molar-refractivity contribution >= 4 is 11.8 Å². The lowest BCUT2D eigenvalue weighted by atomic mass is 10.2. The van der Waals surface area contributed by atoms with Gasteiger partial charge in [-0.15, -0.1) is 0 Å². The molecule has 0 fully saturated rings. The third-order valence-corrected chi connectivity index (χ3v) is 2.55. The van der Waals surface area contributed by atoms with Crippen molar-refractivity contribution in [3.63, 3.8) is 0 Å². The SMILES string of the molecule is NC(=O)c1ccccc1OCC(=O)NCc1ccn[nH]1. The van der Waals surface area contributed by atoms with E-state index in [0.717, 1.165) is 5.69 Å². The molecule has 0 radical (unpaired) electrons. The van der Waals surface area contributed by atoms with E-state index < -0.39 is 5.91 Å². The summed E-state index contributed by atoms with van der Waals surface area (Å²) in [6.07, 6.45) is 1.60. The number of para-hydroxylation sites is 1. The number of rotatable bonds is 6. The van der Waals surface area contributed by atoms with E-state index in [1.54, 1.807) is 36.5 Å². The summed E-state index contributed by atoms with van der Waals surface area (Å²) in [4.78, 5) is 22.8. The molecule has 2 aromatic rings. The van der Waals surface area contributed by atoms with Crippen molar-refractivity contribution in [2.75, 3.05) is 6.61 Å². The molecule has 0 bridgehead atoms. The van der Waals surface area contributed by atoms with E-state index >= 15 is 0 Å². The number of hydrogen-bond donors (Lipinski definition) is 3. The van der Waals surface area contributed by atoms with Crippen molar-refractivity contribution in [2.24, 2.45) is 5.73 Å². The topological polar surface area (TPSA) is 110 Å². The smallest absolute Gasteiger partial charge is 0.258 e. The van der Waals surface area contributed by atoms with Gasteiger partial charge in [0.25, 0.3) is 11.8 Å². The van der Waals surface area contributed by atoms with Crippen LogP contribution in [0.3, 0.4) is 0 Å². The first-order chi connectivity index (χ1) is 9.66. The van der Waals surface area contributed by atoms with Gasteiger partial charge in [-0.3, -0.25) is 14.7 Å². The Hall–Kier alpha value is -2.83. The van der Waals surface area contributed by atoms with Crippen LogP contribution in [0.25, 0.3) is 0 Å². The molecule has 2 rings (SSSR count). The maximum Gasteiger partial charge on any atom is 0.258 e. The average Bonchev–Trinajstić information content (AvgIpc) is 2.96. The number of aromatic amines is 1. The van der Waals surface area contributed by atoms with Gasteiger partial charge in [0.05, 0.1) is 17.8 Å². The van der Waals surface area contributed by atoms with Gasteiger partial charge in [-0.05, 0) is 18.2 Å². The van der Waals surface area contributed by atoms with Gasteiger partial charge in [0.1, 0.15) is 5.75 Å². The minimum absolute atomic E-state index is 0.196. The molecular formula is C13H14N4O3. The highest BCUT2D eigenvalue weighted by Gasteiger charge is 2.10. The molecule has 1 aromatic heterocycles. The fraction of sp³-hybridized carbons (Fsp3) is 0.154. The second-order valence-electron chi connectivity index (χ2n) is 4.01. The third kappa shape index (κ3) is 3.58. The summed E-state index contributed by atoms with van der Waals surface area (Å²) in [6.45, 7) is 0.137. The lowest BCUT2D eigenvalue weighted by molar-refractivity contribution is -0.123. The van der Waals surface area contributed by atoms with Crippen LogP contribution in [0.15, 0.2) is 36.5 Å². The quantitative estimate of drug-likeness (QED) is 0.699. The molecule has 0 atom stereocenters. The van der Waals surface area contributed by atoms with Crippen LogP contribution in [0.1, 0.15) is 16.1 Å². The van der Waals surface area contributed by atoms with Gasteiger partial charge in [0.15, 0.2) is 6.61 Å². The molecule has 4 N–H and O–H groups in total. The minimum atomic E-state index is -0.599. The first-order valence-electron chi connectivity index (χ1n) is 5.93. The third-order valence-electron chi connectivity index (χ3n) is 2.55. The summed E-state index contributed by atoms with van der Waals surface area (Å²) in [5.74, 6) is -0.617. The molecule has 0 spiro atoms. The zero-order valence-corrected chi connectivity index (χ0v) is 10.6. The summed E-state index contributed by atoms with van der Waals surface area (Å²) in [5.41, 5.74) is 6.25. The number of benzene rings is 1. The van der Waals surface area contributed by atoms with Gasteiger partial charge < -0.3 is 15.8 Å². The van der Waals surface area contributed by atoms with Gasteiger partial charge >= 0.3 is 0 Å². The first kappa shape index (κ1) is 13.6. The second kappa shape index (κ2) is 6.37. The maximum atomic E-state index is 11.6. The number of carbonyl (C=O) groups is 2. The van der Waals surface area contributed by atoms with Gasteiger partial charge in [-0.1, -0.05) is 12.1 Å². The molecule has 0 saturated heterocycles. The number of nitrogens with two attached hydrogens (primary N) is 1. The fourth-order valence-corrected chi connectivity index (χ4v) is 1.57. The molecule has 0 unspecified atom stereocenters. The number of nitrogens with zero attached hydrogens (tertiary/aromatic N) is 1. The molecule has 1 heterocycles. The number of hydrogen-bond acceptors (Lipinski definition) is 4. The number of ether oxygens (including phenoxy) is 1. The molecule has 20 heavy (non-hydrogen) atoms. The molecule has 0 aliphatic heterocycles. The van der Waals surface area contributed by atoms with Crippen LogP contribution < -0.4 is 15.8 Å². The molecule has 104 valence electrons. The Morgan fingerprint density at radius 3 is 2.80 bits per heavy atom. The molecule has 1 aromatic carbocycles. The predicted molar refractivity (Wildman–Crippen MR) is 70.9 cm³/mol. The molecule has 0 aliphatic rings. The number of nitrogens with one attached hydrogen (secondary N) is 2. The zero-order chi connectivity index (χ0) is 14.4. The number of primary amides is 1. The number of aromatic nitrogens is 2. The molecule has 7 nitrogen and oxygen atoms in total. The Kier molecular flexibility index (Phi) is 4.33. The largest absolute Gasteiger partial charge is 0.483 e. The van der Waals surface area contributed by atoms with Gasteiger partial charge in [-0.25, -0.2) is 0 Å². The van der Waals surface area contributed by atoms with E-state index in [1.807, 2.05) is 0 Å². The Balaban J connectivity index is 1.85. The van der Waals surface area contributed by atoms with Crippen LogP contribution in [0.5, 0.6) is 5.75 Å². The van der Waals surface area contributed by atoms with Gasteiger partial charge in [0, 0.05) is 6.20 Å². The summed E-state index contributed by atoms with van der Waals surface area (Å²) in [5, 5.41) is 9.14. The van der Waals surface area contributed by atoms with Crippen molar-refractivity contribution in [3.05, 3.63) is 47.8 Å². The molecular weight excluding hydrogens is 260 g/mol. The van der Waals surface area contributed by atoms with Crippen molar-refractivity contribution in [3.8, 4) is 5.75 Å². The van der Waals surface area contributed by atoms with Crippen LogP contribution >= 0.6 is 0 Å². The van der Waals surface area contributed by atoms with Gasteiger partial charge in [-0.2, -0.15) is 5.10 Å². The zero-order valence-electron chi connectivity index (χ0n) is 10.6. The second-order valence-corrected chi connectivity index (χ2v) is 4.01. The monoisotopic (exact) mass is 274 g/mol. The maximum absolute atomic E-state index is 11.6. The van der Waals surface area contributed by atoms with Crippen molar-refractivity contribution in [1.82, 2.24) is 15.5 Å². The Bertz CT molecular complexity index is 595. The van der Waals surface area contributed by atoms with E-state index in [2.05, 4.69) is 15.5 Å². The van der Waals surface area contributed by atoms with Crippen molar-refractivity contribution in [1.29, 1.82) is 0 Å². The van der Waals surface area contributed by atoms with Crippen LogP contribution in [0, 0.1) is 0 Å². The molecule has 0 saturated carbocycles. The normalized spacial score (nSPS) is 10.0. The van der Waals surface area contributed by atoms with Crippen LogP contribution in [-0.4, -0.2) is 28.6 Å². The Morgan fingerprint density at radius 2 is 2.10 bits per heavy atom. The minimum Gasteiger partial charge on any atom is -0.483 e. The summed E-state index contributed by atoms with van der Waals surface area (Å²) < 4.78 is 5.29. The number of carbonyl (C=O) groups excluding carboxylic acids is 2. The highest BCUT2D eigenvalue weighted by atomic mass is 16.5. The average molecular weight is 274 g/mol. The number of amides is 2. The van der Waals surface area contributed by atoms with Crippen LogP contribution in [0.4, 0.5) is 0 Å². The highest BCUT2D eigenvalue weighted by molar-refractivity contribution is 5.95. The summed E-state index contributed by atoms with van der Waals surface area (Å²) in [6, 6.07) is 8.25. The van der Waals surface area contributed by atoms with Gasteiger partial charge in [0.2, 0.25) is 0 Å². The summed E-state index contributed by atoms with van der Waals surface area (Å²) in [7, 11) is 0. The van der Waals surface area contributed by atoms with E-state index in [9.17, 15) is 9.59 Å². The van der Waals surface area contributed by atoms with Crippen molar-refractivity contribution < 1.29 is 14.3 Å². The Labute approximate surface area is 115 Å². The molecule has 2 amide bonds.